The van der Waals surface area contributed by atoms with E-state index in [0.29, 0.717) is 25.4 Å². The van der Waals surface area contributed by atoms with E-state index in [1.165, 1.54) is 35.2 Å². The van der Waals surface area contributed by atoms with Crippen LogP contribution in [0.1, 0.15) is 0 Å². The first-order valence-corrected chi connectivity index (χ1v) is 9.69. The molecule has 1 amide bonds. The van der Waals surface area contributed by atoms with Crippen LogP contribution in [0.15, 0.2) is 52.9 Å². The summed E-state index contributed by atoms with van der Waals surface area (Å²) >= 11 is 7.89. The van der Waals surface area contributed by atoms with Gasteiger partial charge in [-0.2, -0.15) is 0 Å². The van der Waals surface area contributed by atoms with Crippen LogP contribution in [0, 0.1) is 9.77 Å². The van der Waals surface area contributed by atoms with Gasteiger partial charge >= 0.3 is 0 Å². The summed E-state index contributed by atoms with van der Waals surface area (Å²) in [6.45, 7) is 0. The zero-order valence-electron chi connectivity index (χ0n) is 13.6. The number of benzene rings is 2. The van der Waals surface area contributed by atoms with Crippen LogP contribution in [-0.4, -0.2) is 28.6 Å². The van der Waals surface area contributed by atoms with Crippen molar-refractivity contribution in [1.29, 1.82) is 0 Å². The fourth-order valence-corrected chi connectivity index (χ4v) is 4.25. The van der Waals surface area contributed by atoms with Crippen molar-refractivity contribution in [3.8, 4) is 11.4 Å². The quantitative estimate of drug-likeness (QED) is 0.480. The van der Waals surface area contributed by atoms with Crippen molar-refractivity contribution < 1.29 is 13.9 Å². The summed E-state index contributed by atoms with van der Waals surface area (Å²) in [4.78, 5) is 12.1. The van der Waals surface area contributed by atoms with Crippen LogP contribution in [0.25, 0.3) is 5.69 Å². The normalized spacial score (nSPS) is 10.5. The van der Waals surface area contributed by atoms with Crippen LogP contribution in [0.2, 0.25) is 0 Å². The first-order valence-electron chi connectivity index (χ1n) is 7.48. The van der Waals surface area contributed by atoms with Gasteiger partial charge in [0.1, 0.15) is 11.6 Å². The van der Waals surface area contributed by atoms with E-state index >= 15 is 0 Å². The molecule has 2 aromatic carbocycles. The number of hydrogen-bond donors (Lipinski definition) is 1. The van der Waals surface area contributed by atoms with Crippen LogP contribution in [0.3, 0.4) is 0 Å². The van der Waals surface area contributed by atoms with Crippen molar-refractivity contribution in [2.45, 2.75) is 4.34 Å². The lowest BCUT2D eigenvalue weighted by atomic mass is 10.3. The zero-order valence-corrected chi connectivity index (χ0v) is 16.1. The number of thioether (sulfide) groups is 1. The summed E-state index contributed by atoms with van der Waals surface area (Å²) < 4.78 is 20.9. The summed E-state index contributed by atoms with van der Waals surface area (Å²) in [6.07, 6.45) is 0. The Balaban J connectivity index is 1.63. The number of carbonyl (C=O) groups is 1. The third-order valence-corrected chi connectivity index (χ3v) is 5.65. The second kappa shape index (κ2) is 8.43. The van der Waals surface area contributed by atoms with Gasteiger partial charge in [-0.25, -0.2) is 9.07 Å². The van der Waals surface area contributed by atoms with Crippen molar-refractivity contribution in [2.24, 2.45) is 0 Å². The molecular formula is C17H14FN3O2S3. The third-order valence-electron chi connectivity index (χ3n) is 3.28. The Bertz CT molecular complexity index is 970. The lowest BCUT2D eigenvalue weighted by molar-refractivity contribution is -0.113. The molecule has 0 aliphatic rings. The Kier molecular flexibility index (Phi) is 6.02. The predicted molar refractivity (Wildman–Crippen MR) is 105 cm³/mol. The minimum Gasteiger partial charge on any atom is -0.497 e. The number of nitrogens with zero attached hydrogens (tertiary/aromatic N) is 2. The molecule has 134 valence electrons. The summed E-state index contributed by atoms with van der Waals surface area (Å²) in [6, 6.07) is 13.1. The van der Waals surface area contributed by atoms with Gasteiger partial charge in [0, 0.05) is 11.8 Å². The SMILES string of the molecule is COc1cccc(NC(=O)CSc2nn(-c3ccc(F)cc3)c(=S)s2)c1. The number of ether oxygens (including phenoxy) is 1. The van der Waals surface area contributed by atoms with E-state index in [2.05, 4.69) is 10.4 Å². The minimum absolute atomic E-state index is 0.155. The molecule has 0 spiro atoms. The molecule has 1 aromatic heterocycles. The molecule has 3 rings (SSSR count). The lowest BCUT2D eigenvalue weighted by Gasteiger charge is -2.06. The Morgan fingerprint density at radius 2 is 2.12 bits per heavy atom. The van der Waals surface area contributed by atoms with Crippen molar-refractivity contribution in [1.82, 2.24) is 9.78 Å². The fraction of sp³-hybridized carbons (Fsp3) is 0.118. The Morgan fingerprint density at radius 3 is 2.85 bits per heavy atom. The fourth-order valence-electron chi connectivity index (χ4n) is 2.09. The van der Waals surface area contributed by atoms with Crippen LogP contribution in [0.5, 0.6) is 5.75 Å². The highest BCUT2D eigenvalue weighted by Gasteiger charge is 2.10. The summed E-state index contributed by atoms with van der Waals surface area (Å²) in [5, 5.41) is 7.20. The number of carbonyl (C=O) groups excluding carboxylic acids is 1. The molecule has 1 heterocycles. The number of hydrogen-bond acceptors (Lipinski definition) is 6. The van der Waals surface area contributed by atoms with E-state index in [4.69, 9.17) is 17.0 Å². The van der Waals surface area contributed by atoms with Gasteiger partial charge < -0.3 is 10.1 Å². The molecule has 0 bridgehead atoms. The molecule has 9 heteroatoms. The highest BCUT2D eigenvalue weighted by molar-refractivity contribution is 8.01. The zero-order chi connectivity index (χ0) is 18.5. The third kappa shape index (κ3) is 4.69. The average molecular weight is 408 g/mol. The number of methoxy groups -OCH3 is 1. The van der Waals surface area contributed by atoms with Gasteiger partial charge in [0.05, 0.1) is 18.6 Å². The van der Waals surface area contributed by atoms with Crippen LogP contribution in [0.4, 0.5) is 10.1 Å². The van der Waals surface area contributed by atoms with E-state index in [1.807, 2.05) is 0 Å². The van der Waals surface area contributed by atoms with E-state index in [-0.39, 0.29) is 17.5 Å². The van der Waals surface area contributed by atoms with E-state index in [1.54, 1.807) is 48.2 Å². The standard InChI is InChI=1S/C17H14FN3O2S3/c1-23-14-4-2-3-12(9-14)19-15(22)10-25-16-20-21(17(24)26-16)13-7-5-11(18)6-8-13/h2-9H,10H2,1H3,(H,19,22). The summed E-state index contributed by atoms with van der Waals surface area (Å²) in [7, 11) is 1.57. The first-order chi connectivity index (χ1) is 12.5. The van der Waals surface area contributed by atoms with Crippen molar-refractivity contribution in [3.05, 3.63) is 58.3 Å². The smallest absolute Gasteiger partial charge is 0.234 e. The number of aromatic nitrogens is 2. The molecular weight excluding hydrogens is 393 g/mol. The predicted octanol–water partition coefficient (Wildman–Crippen LogP) is 4.54. The molecule has 0 saturated carbocycles. The van der Waals surface area contributed by atoms with Gasteiger partial charge in [0.15, 0.2) is 8.29 Å². The van der Waals surface area contributed by atoms with E-state index < -0.39 is 0 Å². The van der Waals surface area contributed by atoms with Crippen LogP contribution >= 0.6 is 35.3 Å². The van der Waals surface area contributed by atoms with Crippen LogP contribution in [-0.2, 0) is 4.79 Å². The van der Waals surface area contributed by atoms with Crippen molar-refractivity contribution in [3.63, 3.8) is 0 Å². The number of rotatable bonds is 6. The molecule has 0 saturated heterocycles. The second-order valence-electron chi connectivity index (χ2n) is 5.09. The first kappa shape index (κ1) is 18.6. The van der Waals surface area contributed by atoms with E-state index in [0.717, 1.165) is 0 Å². The van der Waals surface area contributed by atoms with Crippen molar-refractivity contribution in [2.75, 3.05) is 18.2 Å². The average Bonchev–Trinajstić information content (AvgIpc) is 3.01. The number of amides is 1. The minimum atomic E-state index is -0.320. The molecule has 0 aliphatic carbocycles. The maximum absolute atomic E-state index is 13.0. The molecule has 0 fully saturated rings. The largest absolute Gasteiger partial charge is 0.497 e. The number of halogens is 1. The topological polar surface area (TPSA) is 56.1 Å². The van der Waals surface area contributed by atoms with Gasteiger partial charge in [-0.3, -0.25) is 4.79 Å². The highest BCUT2D eigenvalue weighted by atomic mass is 32.2. The lowest BCUT2D eigenvalue weighted by Crippen LogP contribution is -2.14. The summed E-state index contributed by atoms with van der Waals surface area (Å²) in [5.41, 5.74) is 1.35. The maximum Gasteiger partial charge on any atom is 0.234 e. The Hall–Kier alpha value is -2.23. The number of nitrogens with one attached hydrogen (secondary N) is 1. The Labute approximate surface area is 162 Å². The molecule has 0 radical (unpaired) electrons. The molecule has 1 N–H and O–H groups in total. The Morgan fingerprint density at radius 1 is 1.35 bits per heavy atom. The van der Waals surface area contributed by atoms with Crippen molar-refractivity contribution >= 4 is 46.9 Å². The van der Waals surface area contributed by atoms with Gasteiger partial charge in [0.25, 0.3) is 0 Å². The van der Waals surface area contributed by atoms with Gasteiger partial charge in [-0.05, 0) is 48.6 Å². The van der Waals surface area contributed by atoms with E-state index in [9.17, 15) is 9.18 Å². The number of anilines is 1. The molecule has 0 unspecified atom stereocenters. The molecule has 5 nitrogen and oxygen atoms in total. The van der Waals surface area contributed by atoms with Gasteiger partial charge in [-0.1, -0.05) is 29.2 Å². The summed E-state index contributed by atoms with van der Waals surface area (Å²) in [5.74, 6) is 0.395. The van der Waals surface area contributed by atoms with Gasteiger partial charge in [-0.15, -0.1) is 5.10 Å². The monoisotopic (exact) mass is 407 g/mol. The van der Waals surface area contributed by atoms with Gasteiger partial charge in [0.2, 0.25) is 5.91 Å². The second-order valence-corrected chi connectivity index (χ2v) is 7.94. The highest BCUT2D eigenvalue weighted by Crippen LogP contribution is 2.24. The molecule has 3 aromatic rings. The molecule has 0 atom stereocenters. The maximum atomic E-state index is 13.0. The molecule has 26 heavy (non-hydrogen) atoms. The molecule has 0 aliphatic heterocycles. The van der Waals surface area contributed by atoms with Crippen LogP contribution < -0.4 is 10.1 Å².